The standard InChI is InChI=1S/C14H12Cl2FNO/c1-19-14-3-2-12(7-13(14)17)18-8-9-4-10(15)6-11(16)5-9/h2-7,18H,8H2,1H3. The van der Waals surface area contributed by atoms with Crippen LogP contribution in [-0.4, -0.2) is 7.11 Å². The van der Waals surface area contributed by atoms with Crippen molar-refractivity contribution in [3.05, 3.63) is 57.8 Å². The maximum Gasteiger partial charge on any atom is 0.167 e. The second kappa shape index (κ2) is 6.13. The number of methoxy groups -OCH3 is 1. The molecule has 5 heteroatoms. The molecular formula is C14H12Cl2FNO. The van der Waals surface area contributed by atoms with E-state index in [-0.39, 0.29) is 5.75 Å². The molecule has 0 fully saturated rings. The molecular weight excluding hydrogens is 288 g/mol. The molecule has 0 radical (unpaired) electrons. The first-order valence-electron chi connectivity index (χ1n) is 5.61. The van der Waals surface area contributed by atoms with Crippen molar-refractivity contribution in [3.63, 3.8) is 0 Å². The molecule has 2 aromatic rings. The van der Waals surface area contributed by atoms with Gasteiger partial charge in [-0.15, -0.1) is 0 Å². The van der Waals surface area contributed by atoms with E-state index >= 15 is 0 Å². The lowest BCUT2D eigenvalue weighted by Crippen LogP contribution is -2.00. The van der Waals surface area contributed by atoms with Crippen LogP contribution in [0.2, 0.25) is 10.0 Å². The van der Waals surface area contributed by atoms with Crippen LogP contribution in [0.4, 0.5) is 10.1 Å². The van der Waals surface area contributed by atoms with Crippen molar-refractivity contribution in [2.45, 2.75) is 6.54 Å². The van der Waals surface area contributed by atoms with Gasteiger partial charge >= 0.3 is 0 Å². The smallest absolute Gasteiger partial charge is 0.167 e. The van der Waals surface area contributed by atoms with Gasteiger partial charge in [0, 0.05) is 28.3 Å². The maximum atomic E-state index is 13.5. The van der Waals surface area contributed by atoms with Gasteiger partial charge in [-0.2, -0.15) is 0 Å². The number of nitrogens with one attached hydrogen (secondary N) is 1. The summed E-state index contributed by atoms with van der Waals surface area (Å²) in [6.07, 6.45) is 0. The molecule has 0 bridgehead atoms. The SMILES string of the molecule is COc1ccc(NCc2cc(Cl)cc(Cl)c2)cc1F. The maximum absolute atomic E-state index is 13.5. The van der Waals surface area contributed by atoms with Gasteiger partial charge in [-0.25, -0.2) is 4.39 Å². The Balaban J connectivity index is 2.08. The third-order valence-electron chi connectivity index (χ3n) is 2.57. The predicted octanol–water partition coefficient (Wildman–Crippen LogP) is 4.75. The quantitative estimate of drug-likeness (QED) is 0.879. The van der Waals surface area contributed by atoms with Crippen LogP contribution in [0, 0.1) is 5.82 Å². The first-order chi connectivity index (χ1) is 9.08. The fourth-order valence-corrected chi connectivity index (χ4v) is 2.26. The van der Waals surface area contributed by atoms with Crippen LogP contribution < -0.4 is 10.1 Å². The highest BCUT2D eigenvalue weighted by Crippen LogP contribution is 2.22. The normalized spacial score (nSPS) is 10.3. The Bertz CT molecular complexity index is 569. The van der Waals surface area contributed by atoms with E-state index in [1.165, 1.54) is 13.2 Å². The molecule has 0 saturated carbocycles. The van der Waals surface area contributed by atoms with Gasteiger partial charge in [0.1, 0.15) is 0 Å². The second-order valence-corrected chi connectivity index (χ2v) is 4.85. The van der Waals surface area contributed by atoms with E-state index < -0.39 is 5.82 Å². The molecule has 0 atom stereocenters. The highest BCUT2D eigenvalue weighted by atomic mass is 35.5. The van der Waals surface area contributed by atoms with E-state index in [1.807, 2.05) is 0 Å². The summed E-state index contributed by atoms with van der Waals surface area (Å²) >= 11 is 11.8. The summed E-state index contributed by atoms with van der Waals surface area (Å²) in [6.45, 7) is 0.506. The predicted molar refractivity (Wildman–Crippen MR) is 76.7 cm³/mol. The van der Waals surface area contributed by atoms with Gasteiger partial charge in [0.15, 0.2) is 11.6 Å². The van der Waals surface area contributed by atoms with Crippen molar-refractivity contribution in [2.75, 3.05) is 12.4 Å². The van der Waals surface area contributed by atoms with E-state index in [9.17, 15) is 4.39 Å². The summed E-state index contributed by atoms with van der Waals surface area (Å²) in [5.41, 5.74) is 1.59. The van der Waals surface area contributed by atoms with Gasteiger partial charge in [0.2, 0.25) is 0 Å². The number of hydrogen-bond donors (Lipinski definition) is 1. The number of hydrogen-bond acceptors (Lipinski definition) is 2. The highest BCUT2D eigenvalue weighted by molar-refractivity contribution is 6.34. The fourth-order valence-electron chi connectivity index (χ4n) is 1.69. The van der Waals surface area contributed by atoms with Crippen LogP contribution in [0.15, 0.2) is 36.4 Å². The molecule has 100 valence electrons. The molecule has 19 heavy (non-hydrogen) atoms. The van der Waals surface area contributed by atoms with E-state index in [2.05, 4.69) is 5.32 Å². The van der Waals surface area contributed by atoms with Gasteiger partial charge in [-0.05, 0) is 35.9 Å². The number of halogens is 3. The first kappa shape index (κ1) is 14.0. The van der Waals surface area contributed by atoms with Crippen molar-refractivity contribution in [1.82, 2.24) is 0 Å². The summed E-state index contributed by atoms with van der Waals surface area (Å²) in [5.74, 6) is -0.187. The van der Waals surface area contributed by atoms with Gasteiger partial charge in [0.05, 0.1) is 7.11 Å². The Morgan fingerprint density at radius 2 is 1.79 bits per heavy atom. The monoisotopic (exact) mass is 299 g/mol. The van der Waals surface area contributed by atoms with E-state index in [1.54, 1.807) is 30.3 Å². The van der Waals surface area contributed by atoms with Crippen LogP contribution in [0.5, 0.6) is 5.75 Å². The van der Waals surface area contributed by atoms with Crippen molar-refractivity contribution >= 4 is 28.9 Å². The van der Waals surface area contributed by atoms with E-state index in [4.69, 9.17) is 27.9 Å². The molecule has 0 aliphatic rings. The molecule has 0 spiro atoms. The topological polar surface area (TPSA) is 21.3 Å². The minimum Gasteiger partial charge on any atom is -0.494 e. The van der Waals surface area contributed by atoms with E-state index in [0.717, 1.165) is 5.56 Å². The summed E-state index contributed by atoms with van der Waals surface area (Å²) < 4.78 is 18.4. The van der Waals surface area contributed by atoms with Gasteiger partial charge < -0.3 is 10.1 Å². The largest absolute Gasteiger partial charge is 0.494 e. The molecule has 2 aromatic carbocycles. The lowest BCUT2D eigenvalue weighted by Gasteiger charge is -2.09. The second-order valence-electron chi connectivity index (χ2n) is 3.98. The van der Waals surface area contributed by atoms with Gasteiger partial charge in [-0.3, -0.25) is 0 Å². The van der Waals surface area contributed by atoms with Crippen LogP contribution in [0.1, 0.15) is 5.56 Å². The first-order valence-corrected chi connectivity index (χ1v) is 6.36. The van der Waals surface area contributed by atoms with Crippen molar-refractivity contribution in [2.24, 2.45) is 0 Å². The summed E-state index contributed by atoms with van der Waals surface area (Å²) in [6, 6.07) is 9.97. The zero-order valence-corrected chi connectivity index (χ0v) is 11.7. The average Bonchev–Trinajstić information content (AvgIpc) is 2.35. The number of ether oxygens (including phenoxy) is 1. The van der Waals surface area contributed by atoms with Crippen LogP contribution in [0.3, 0.4) is 0 Å². The molecule has 0 aliphatic carbocycles. The molecule has 0 aliphatic heterocycles. The van der Waals surface area contributed by atoms with E-state index in [0.29, 0.717) is 22.3 Å². The number of rotatable bonds is 4. The lowest BCUT2D eigenvalue weighted by atomic mass is 10.2. The summed E-state index contributed by atoms with van der Waals surface area (Å²) in [7, 11) is 1.43. The fraction of sp³-hybridized carbons (Fsp3) is 0.143. The highest BCUT2D eigenvalue weighted by Gasteiger charge is 2.04. The minimum atomic E-state index is -0.406. The third kappa shape index (κ3) is 3.75. The molecule has 0 heterocycles. The lowest BCUT2D eigenvalue weighted by molar-refractivity contribution is 0.386. The Kier molecular flexibility index (Phi) is 4.51. The third-order valence-corrected chi connectivity index (χ3v) is 3.01. The van der Waals surface area contributed by atoms with Gasteiger partial charge in [0.25, 0.3) is 0 Å². The molecule has 0 unspecified atom stereocenters. The van der Waals surface area contributed by atoms with Gasteiger partial charge in [-0.1, -0.05) is 23.2 Å². The Labute approximate surface area is 121 Å². The molecule has 0 saturated heterocycles. The number of benzene rings is 2. The molecule has 2 nitrogen and oxygen atoms in total. The zero-order chi connectivity index (χ0) is 13.8. The van der Waals surface area contributed by atoms with Crippen LogP contribution >= 0.6 is 23.2 Å². The molecule has 1 N–H and O–H groups in total. The number of anilines is 1. The Morgan fingerprint density at radius 1 is 1.11 bits per heavy atom. The van der Waals surface area contributed by atoms with Crippen molar-refractivity contribution < 1.29 is 9.13 Å². The van der Waals surface area contributed by atoms with Crippen LogP contribution in [0.25, 0.3) is 0 Å². The summed E-state index contributed by atoms with van der Waals surface area (Å²) in [5, 5.41) is 4.24. The molecule has 2 rings (SSSR count). The zero-order valence-electron chi connectivity index (χ0n) is 10.2. The molecule has 0 aromatic heterocycles. The average molecular weight is 300 g/mol. The Morgan fingerprint density at radius 3 is 2.37 bits per heavy atom. The van der Waals surface area contributed by atoms with Crippen molar-refractivity contribution in [3.8, 4) is 5.75 Å². The summed E-state index contributed by atoms with van der Waals surface area (Å²) in [4.78, 5) is 0. The Hall–Kier alpha value is -1.45. The van der Waals surface area contributed by atoms with Crippen molar-refractivity contribution in [1.29, 1.82) is 0 Å². The molecule has 0 amide bonds. The minimum absolute atomic E-state index is 0.219. The van der Waals surface area contributed by atoms with Crippen LogP contribution in [-0.2, 0) is 6.54 Å².